The van der Waals surface area contributed by atoms with Crippen LogP contribution in [0.5, 0.6) is 5.75 Å². The fourth-order valence-electron chi connectivity index (χ4n) is 2.12. The highest BCUT2D eigenvalue weighted by Crippen LogP contribution is 2.29. The number of thiazole rings is 1. The van der Waals surface area contributed by atoms with Crippen molar-refractivity contribution in [2.45, 2.75) is 6.92 Å². The zero-order chi connectivity index (χ0) is 15.5. The summed E-state index contributed by atoms with van der Waals surface area (Å²) in [7, 11) is 0. The van der Waals surface area contributed by atoms with Crippen LogP contribution in [0.25, 0.3) is 10.2 Å². The molecule has 116 valence electrons. The Kier molecular flexibility index (Phi) is 4.49. The number of carbonyl (C=O) groups is 2. The normalized spacial score (nSPS) is 14.6. The van der Waals surface area contributed by atoms with E-state index in [0.29, 0.717) is 18.3 Å². The van der Waals surface area contributed by atoms with E-state index in [0.717, 1.165) is 21.7 Å². The highest BCUT2D eigenvalue weighted by molar-refractivity contribution is 8.13. The molecule has 1 fully saturated rings. The molecular weight excluding hydrogens is 322 g/mol. The number of nitrogens with one attached hydrogen (secondary N) is 1. The van der Waals surface area contributed by atoms with Gasteiger partial charge in [-0.25, -0.2) is 4.98 Å². The second-order valence-electron chi connectivity index (χ2n) is 4.67. The van der Waals surface area contributed by atoms with Gasteiger partial charge in [-0.3, -0.25) is 9.59 Å². The number of hydrogen-bond donors (Lipinski definition) is 1. The average Bonchev–Trinajstić information content (AvgIpc) is 3.05. The number of hydrogen-bond acceptors (Lipinski definition) is 6. The van der Waals surface area contributed by atoms with Crippen molar-refractivity contribution >= 4 is 49.6 Å². The maximum atomic E-state index is 12.0. The molecule has 8 heteroatoms. The second-order valence-corrected chi connectivity index (χ2v) is 6.74. The lowest BCUT2D eigenvalue weighted by atomic mass is 10.3. The molecule has 2 heterocycles. The van der Waals surface area contributed by atoms with Crippen LogP contribution >= 0.6 is 23.1 Å². The molecule has 0 spiro atoms. The number of amides is 2. The predicted molar refractivity (Wildman–Crippen MR) is 88.8 cm³/mol. The van der Waals surface area contributed by atoms with Crippen LogP contribution in [0.3, 0.4) is 0 Å². The molecule has 1 aliphatic heterocycles. The summed E-state index contributed by atoms with van der Waals surface area (Å²) in [6, 6.07) is 5.64. The standard InChI is InChI=1S/C14H15N3O3S2/c1-2-20-9-3-4-10-11(7-9)22-13(15-10)16-12(18)8-17-5-6-21-14(17)19/h3-4,7H,2,5-6,8H2,1H3,(H,15,16,18). The van der Waals surface area contributed by atoms with Crippen molar-refractivity contribution in [3.05, 3.63) is 18.2 Å². The first-order valence-electron chi connectivity index (χ1n) is 6.90. The van der Waals surface area contributed by atoms with Crippen LogP contribution in [0.15, 0.2) is 18.2 Å². The molecule has 6 nitrogen and oxygen atoms in total. The minimum absolute atomic E-state index is 0.0409. The van der Waals surface area contributed by atoms with Gasteiger partial charge in [0.05, 0.1) is 16.8 Å². The summed E-state index contributed by atoms with van der Waals surface area (Å²) in [6.07, 6.45) is 0. The number of nitrogens with zero attached hydrogens (tertiary/aromatic N) is 2. The van der Waals surface area contributed by atoms with Crippen molar-refractivity contribution in [2.75, 3.05) is 30.8 Å². The predicted octanol–water partition coefficient (Wildman–Crippen LogP) is 2.80. The summed E-state index contributed by atoms with van der Waals surface area (Å²) in [5.74, 6) is 1.31. The van der Waals surface area contributed by atoms with Crippen LogP contribution in [0, 0.1) is 0 Å². The lowest BCUT2D eigenvalue weighted by Gasteiger charge is -2.12. The summed E-state index contributed by atoms with van der Waals surface area (Å²) < 4.78 is 6.40. The highest BCUT2D eigenvalue weighted by Gasteiger charge is 2.23. The summed E-state index contributed by atoms with van der Waals surface area (Å²) in [4.78, 5) is 29.4. The van der Waals surface area contributed by atoms with Gasteiger partial charge in [-0.1, -0.05) is 23.1 Å². The molecule has 1 aromatic heterocycles. The molecule has 22 heavy (non-hydrogen) atoms. The fraction of sp³-hybridized carbons (Fsp3) is 0.357. The van der Waals surface area contributed by atoms with E-state index >= 15 is 0 Å². The van der Waals surface area contributed by atoms with E-state index in [1.807, 2.05) is 25.1 Å². The van der Waals surface area contributed by atoms with Gasteiger partial charge in [0.1, 0.15) is 12.3 Å². The van der Waals surface area contributed by atoms with Crippen LogP contribution in [0.2, 0.25) is 0 Å². The molecule has 1 N–H and O–H groups in total. The number of aromatic nitrogens is 1. The molecule has 2 aromatic rings. The van der Waals surface area contributed by atoms with E-state index in [1.165, 1.54) is 23.1 Å². The van der Waals surface area contributed by atoms with E-state index in [1.54, 1.807) is 4.90 Å². The van der Waals surface area contributed by atoms with Crippen molar-refractivity contribution < 1.29 is 14.3 Å². The molecule has 0 aliphatic carbocycles. The van der Waals surface area contributed by atoms with Crippen molar-refractivity contribution in [1.82, 2.24) is 9.88 Å². The van der Waals surface area contributed by atoms with Crippen LogP contribution in [0.4, 0.5) is 9.93 Å². The van der Waals surface area contributed by atoms with Crippen LogP contribution in [0.1, 0.15) is 6.92 Å². The van der Waals surface area contributed by atoms with Gasteiger partial charge in [0, 0.05) is 12.3 Å². The zero-order valence-corrected chi connectivity index (χ0v) is 13.6. The minimum Gasteiger partial charge on any atom is -0.494 e. The largest absolute Gasteiger partial charge is 0.494 e. The van der Waals surface area contributed by atoms with Crippen LogP contribution in [-0.4, -0.2) is 46.5 Å². The maximum Gasteiger partial charge on any atom is 0.282 e. The van der Waals surface area contributed by atoms with Crippen molar-refractivity contribution in [3.63, 3.8) is 0 Å². The highest BCUT2D eigenvalue weighted by atomic mass is 32.2. The van der Waals surface area contributed by atoms with E-state index in [4.69, 9.17) is 4.74 Å². The Hall–Kier alpha value is -1.80. The molecule has 0 bridgehead atoms. The van der Waals surface area contributed by atoms with E-state index in [2.05, 4.69) is 10.3 Å². The number of anilines is 1. The molecule has 0 saturated carbocycles. The van der Waals surface area contributed by atoms with Crippen molar-refractivity contribution in [3.8, 4) is 5.75 Å². The van der Waals surface area contributed by atoms with Gasteiger partial charge in [0.25, 0.3) is 5.24 Å². The number of thioether (sulfide) groups is 1. The van der Waals surface area contributed by atoms with E-state index in [9.17, 15) is 9.59 Å². The lowest BCUT2D eigenvalue weighted by Crippen LogP contribution is -2.33. The second kappa shape index (κ2) is 6.53. The topological polar surface area (TPSA) is 71.5 Å². The Balaban J connectivity index is 1.68. The number of ether oxygens (including phenoxy) is 1. The number of benzene rings is 1. The smallest absolute Gasteiger partial charge is 0.282 e. The maximum absolute atomic E-state index is 12.0. The molecule has 1 saturated heterocycles. The first-order valence-corrected chi connectivity index (χ1v) is 8.71. The first kappa shape index (κ1) is 15.1. The Morgan fingerprint density at radius 2 is 2.36 bits per heavy atom. The summed E-state index contributed by atoms with van der Waals surface area (Å²) in [5.41, 5.74) is 0.816. The number of carbonyl (C=O) groups excluding carboxylic acids is 2. The lowest BCUT2D eigenvalue weighted by molar-refractivity contribution is -0.116. The number of rotatable bonds is 5. The van der Waals surface area contributed by atoms with Gasteiger partial charge in [0.15, 0.2) is 5.13 Å². The average molecular weight is 337 g/mol. The van der Waals surface area contributed by atoms with E-state index in [-0.39, 0.29) is 17.7 Å². The Morgan fingerprint density at radius 1 is 1.50 bits per heavy atom. The van der Waals surface area contributed by atoms with E-state index < -0.39 is 0 Å². The minimum atomic E-state index is -0.222. The summed E-state index contributed by atoms with van der Waals surface area (Å²) in [6.45, 7) is 3.23. The van der Waals surface area contributed by atoms with Gasteiger partial charge in [-0.15, -0.1) is 0 Å². The zero-order valence-electron chi connectivity index (χ0n) is 12.0. The number of fused-ring (bicyclic) bond motifs is 1. The van der Waals surface area contributed by atoms with Gasteiger partial charge < -0.3 is 15.0 Å². The molecule has 2 amide bonds. The molecule has 1 aromatic carbocycles. The SMILES string of the molecule is CCOc1ccc2nc(NC(=O)CN3CCSC3=O)sc2c1. The summed E-state index contributed by atoms with van der Waals surface area (Å²) in [5, 5.41) is 3.25. The Labute approximate surface area is 135 Å². The molecule has 1 aliphatic rings. The third-order valence-corrected chi connectivity index (χ3v) is 4.92. The van der Waals surface area contributed by atoms with Crippen molar-refractivity contribution in [1.29, 1.82) is 0 Å². The van der Waals surface area contributed by atoms with Crippen LogP contribution in [-0.2, 0) is 4.79 Å². The quantitative estimate of drug-likeness (QED) is 0.908. The monoisotopic (exact) mass is 337 g/mol. The van der Waals surface area contributed by atoms with Gasteiger partial charge in [0.2, 0.25) is 5.91 Å². The van der Waals surface area contributed by atoms with Gasteiger partial charge in [-0.05, 0) is 25.1 Å². The molecule has 0 unspecified atom stereocenters. The first-order chi connectivity index (χ1) is 10.7. The van der Waals surface area contributed by atoms with Crippen molar-refractivity contribution in [2.24, 2.45) is 0 Å². The van der Waals surface area contributed by atoms with Gasteiger partial charge >= 0.3 is 0 Å². The van der Waals surface area contributed by atoms with Gasteiger partial charge in [-0.2, -0.15) is 0 Å². The Bertz CT molecular complexity index is 716. The molecule has 0 radical (unpaired) electrons. The van der Waals surface area contributed by atoms with Crippen LogP contribution < -0.4 is 10.1 Å². The third-order valence-electron chi connectivity index (χ3n) is 3.10. The Morgan fingerprint density at radius 3 is 3.09 bits per heavy atom. The molecular formula is C14H15N3O3S2. The fourth-order valence-corrected chi connectivity index (χ4v) is 3.85. The molecule has 3 rings (SSSR count). The summed E-state index contributed by atoms with van der Waals surface area (Å²) >= 11 is 2.64. The third kappa shape index (κ3) is 3.33. The molecule has 0 atom stereocenters.